The number of carbonyl (C=O) groups is 1. The second-order valence-electron chi connectivity index (χ2n) is 7.13. The van der Waals surface area contributed by atoms with Gasteiger partial charge in [-0.25, -0.2) is 0 Å². The second-order valence-corrected chi connectivity index (χ2v) is 11.9. The summed E-state index contributed by atoms with van der Waals surface area (Å²) in [6, 6.07) is 0. The van der Waals surface area contributed by atoms with Crippen molar-refractivity contribution < 1.29 is 14.3 Å². The Hall–Kier alpha value is -0.353. The highest BCUT2D eigenvalue weighted by Crippen LogP contribution is 2.38. The quantitative estimate of drug-likeness (QED) is 0.790. The standard InChI is InChI=1S/C14H28O3Si/c1-14(2,3)18(4,5)17-10-11-6-8-12(9-7-11)13(15)16/h11-12H,6-10H2,1-5H3,(H,15,16). The lowest BCUT2D eigenvalue weighted by molar-refractivity contribution is -0.143. The van der Waals surface area contributed by atoms with Gasteiger partial charge in [0.15, 0.2) is 8.32 Å². The van der Waals surface area contributed by atoms with Gasteiger partial charge in [0.25, 0.3) is 0 Å². The van der Waals surface area contributed by atoms with Gasteiger partial charge in [-0.2, -0.15) is 0 Å². The van der Waals surface area contributed by atoms with Gasteiger partial charge in [0.1, 0.15) is 0 Å². The lowest BCUT2D eigenvalue weighted by Gasteiger charge is -2.38. The highest BCUT2D eigenvalue weighted by atomic mass is 28.4. The van der Waals surface area contributed by atoms with Crippen LogP contribution in [0.25, 0.3) is 0 Å². The molecule has 0 unspecified atom stereocenters. The Morgan fingerprint density at radius 2 is 1.72 bits per heavy atom. The van der Waals surface area contributed by atoms with E-state index in [0.29, 0.717) is 5.92 Å². The topological polar surface area (TPSA) is 46.5 Å². The van der Waals surface area contributed by atoms with Gasteiger partial charge in [-0.15, -0.1) is 0 Å². The van der Waals surface area contributed by atoms with E-state index in [-0.39, 0.29) is 11.0 Å². The number of carboxylic acid groups (broad SMARTS) is 1. The highest BCUT2D eigenvalue weighted by molar-refractivity contribution is 6.74. The molecule has 1 aliphatic carbocycles. The molecule has 0 atom stereocenters. The molecule has 0 amide bonds. The maximum absolute atomic E-state index is 10.9. The molecule has 106 valence electrons. The van der Waals surface area contributed by atoms with E-state index in [1.165, 1.54) is 0 Å². The number of rotatable bonds is 4. The zero-order chi connectivity index (χ0) is 14.0. The zero-order valence-corrected chi connectivity index (χ0v) is 13.5. The second kappa shape index (κ2) is 5.74. The molecular formula is C14H28O3Si. The third-order valence-electron chi connectivity index (χ3n) is 4.68. The lowest BCUT2D eigenvalue weighted by Crippen LogP contribution is -2.42. The Balaban J connectivity index is 2.36. The van der Waals surface area contributed by atoms with Gasteiger partial charge in [-0.05, 0) is 49.7 Å². The summed E-state index contributed by atoms with van der Waals surface area (Å²) in [7, 11) is -1.64. The Morgan fingerprint density at radius 3 is 2.11 bits per heavy atom. The fourth-order valence-corrected chi connectivity index (χ4v) is 3.20. The molecule has 3 nitrogen and oxygen atoms in total. The van der Waals surface area contributed by atoms with Crippen molar-refractivity contribution in [1.29, 1.82) is 0 Å². The summed E-state index contributed by atoms with van der Waals surface area (Å²) in [5.74, 6) is -0.178. The summed E-state index contributed by atoms with van der Waals surface area (Å²) in [5.41, 5.74) is 0. The average Bonchev–Trinajstić information content (AvgIpc) is 2.25. The van der Waals surface area contributed by atoms with Crippen LogP contribution in [0.2, 0.25) is 18.1 Å². The van der Waals surface area contributed by atoms with E-state index >= 15 is 0 Å². The molecule has 1 N–H and O–H groups in total. The molecule has 18 heavy (non-hydrogen) atoms. The molecule has 0 bridgehead atoms. The van der Waals surface area contributed by atoms with Crippen molar-refractivity contribution in [3.8, 4) is 0 Å². The summed E-state index contributed by atoms with van der Waals surface area (Å²) in [4.78, 5) is 10.9. The van der Waals surface area contributed by atoms with E-state index in [4.69, 9.17) is 9.53 Å². The molecule has 1 fully saturated rings. The van der Waals surface area contributed by atoms with E-state index in [1.807, 2.05) is 0 Å². The Labute approximate surface area is 112 Å². The van der Waals surface area contributed by atoms with Crippen molar-refractivity contribution in [2.24, 2.45) is 11.8 Å². The first-order valence-corrected chi connectivity index (χ1v) is 9.91. The Kier molecular flexibility index (Phi) is 5.01. The van der Waals surface area contributed by atoms with Crippen LogP contribution in [0.4, 0.5) is 0 Å². The van der Waals surface area contributed by atoms with E-state index in [2.05, 4.69) is 33.9 Å². The van der Waals surface area contributed by atoms with Crippen LogP contribution < -0.4 is 0 Å². The smallest absolute Gasteiger partial charge is 0.306 e. The predicted molar refractivity (Wildman–Crippen MR) is 76.2 cm³/mol. The maximum Gasteiger partial charge on any atom is 0.306 e. The molecule has 1 aliphatic rings. The molecule has 0 aliphatic heterocycles. The number of aliphatic carboxylic acids is 1. The van der Waals surface area contributed by atoms with Crippen molar-refractivity contribution in [1.82, 2.24) is 0 Å². The molecule has 0 saturated heterocycles. The van der Waals surface area contributed by atoms with Crippen molar-refractivity contribution in [3.63, 3.8) is 0 Å². The van der Waals surface area contributed by atoms with Crippen LogP contribution >= 0.6 is 0 Å². The third-order valence-corrected chi connectivity index (χ3v) is 9.18. The van der Waals surface area contributed by atoms with Gasteiger partial charge in [0, 0.05) is 6.61 Å². The minimum atomic E-state index is -1.64. The minimum absolute atomic E-state index is 0.117. The van der Waals surface area contributed by atoms with Gasteiger partial charge in [0.05, 0.1) is 5.92 Å². The molecule has 0 aromatic rings. The fraction of sp³-hybridized carbons (Fsp3) is 0.929. The number of hydrogen-bond acceptors (Lipinski definition) is 2. The first-order valence-electron chi connectivity index (χ1n) is 7.00. The monoisotopic (exact) mass is 272 g/mol. The van der Waals surface area contributed by atoms with Gasteiger partial charge in [0.2, 0.25) is 0 Å². The summed E-state index contributed by atoms with van der Waals surface area (Å²) >= 11 is 0. The zero-order valence-electron chi connectivity index (χ0n) is 12.5. The van der Waals surface area contributed by atoms with Crippen molar-refractivity contribution in [3.05, 3.63) is 0 Å². The molecular weight excluding hydrogens is 244 g/mol. The summed E-state index contributed by atoms with van der Waals surface area (Å²) in [6.45, 7) is 12.1. The van der Waals surface area contributed by atoms with Crippen LogP contribution in [0.1, 0.15) is 46.5 Å². The molecule has 0 spiro atoms. The number of carboxylic acids is 1. The summed E-state index contributed by atoms with van der Waals surface area (Å²) in [6.07, 6.45) is 3.65. The molecule has 0 radical (unpaired) electrons. The van der Waals surface area contributed by atoms with Crippen LogP contribution in [-0.4, -0.2) is 26.0 Å². The molecule has 0 aromatic carbocycles. The SMILES string of the molecule is CC(C)(C)[Si](C)(C)OCC1CCC(C(=O)O)CC1. The van der Waals surface area contributed by atoms with Crippen molar-refractivity contribution in [2.45, 2.75) is 64.6 Å². The van der Waals surface area contributed by atoms with E-state index < -0.39 is 14.3 Å². The molecule has 1 rings (SSSR count). The van der Waals surface area contributed by atoms with Gasteiger partial charge < -0.3 is 9.53 Å². The lowest BCUT2D eigenvalue weighted by atomic mass is 9.82. The molecule has 0 heterocycles. The Morgan fingerprint density at radius 1 is 1.22 bits per heavy atom. The molecule has 1 saturated carbocycles. The largest absolute Gasteiger partial charge is 0.481 e. The van der Waals surface area contributed by atoms with E-state index in [9.17, 15) is 4.79 Å². The van der Waals surface area contributed by atoms with Crippen molar-refractivity contribution >= 4 is 14.3 Å². The van der Waals surface area contributed by atoms with Gasteiger partial charge in [-0.3, -0.25) is 4.79 Å². The maximum atomic E-state index is 10.9. The van der Waals surface area contributed by atoms with Gasteiger partial charge in [-0.1, -0.05) is 20.8 Å². The van der Waals surface area contributed by atoms with Crippen LogP contribution in [0, 0.1) is 11.8 Å². The number of hydrogen-bond donors (Lipinski definition) is 1. The van der Waals surface area contributed by atoms with Crippen LogP contribution in [0.5, 0.6) is 0 Å². The predicted octanol–water partition coefficient (Wildman–Crippen LogP) is 3.90. The summed E-state index contributed by atoms with van der Waals surface area (Å²) in [5, 5.41) is 9.22. The Bertz CT molecular complexity index is 286. The van der Waals surface area contributed by atoms with Crippen LogP contribution in [-0.2, 0) is 9.22 Å². The van der Waals surface area contributed by atoms with E-state index in [0.717, 1.165) is 32.3 Å². The highest BCUT2D eigenvalue weighted by Gasteiger charge is 2.38. The average molecular weight is 272 g/mol. The van der Waals surface area contributed by atoms with Crippen LogP contribution in [0.15, 0.2) is 0 Å². The van der Waals surface area contributed by atoms with Crippen LogP contribution in [0.3, 0.4) is 0 Å². The fourth-order valence-electron chi connectivity index (χ4n) is 2.12. The third kappa shape index (κ3) is 4.09. The first kappa shape index (κ1) is 15.7. The summed E-state index contributed by atoms with van der Waals surface area (Å²) < 4.78 is 6.22. The van der Waals surface area contributed by atoms with Gasteiger partial charge >= 0.3 is 5.97 Å². The molecule has 4 heteroatoms. The van der Waals surface area contributed by atoms with Crippen molar-refractivity contribution in [2.75, 3.05) is 6.61 Å². The normalized spacial score (nSPS) is 26.1. The first-order chi connectivity index (χ1) is 8.13. The van der Waals surface area contributed by atoms with E-state index in [1.54, 1.807) is 0 Å². The minimum Gasteiger partial charge on any atom is -0.481 e. The molecule has 0 aromatic heterocycles.